The minimum Gasteiger partial charge on any atom is -0.377 e. The number of hydrogen-bond acceptors (Lipinski definition) is 4. The number of urea groups is 1. The lowest BCUT2D eigenvalue weighted by Gasteiger charge is -2.17. The number of nitrogens with one attached hydrogen (secondary N) is 3. The van der Waals surface area contributed by atoms with Gasteiger partial charge in [0.25, 0.3) is 0 Å². The monoisotopic (exact) mass is 404 g/mol. The number of amides is 2. The summed E-state index contributed by atoms with van der Waals surface area (Å²) >= 11 is 0. The van der Waals surface area contributed by atoms with Crippen molar-refractivity contribution in [2.24, 2.45) is 0 Å². The van der Waals surface area contributed by atoms with Crippen LogP contribution in [0.5, 0.6) is 0 Å². The van der Waals surface area contributed by atoms with Crippen molar-refractivity contribution in [1.29, 1.82) is 0 Å². The van der Waals surface area contributed by atoms with Crippen molar-refractivity contribution in [1.82, 2.24) is 15.4 Å². The lowest BCUT2D eigenvalue weighted by Crippen LogP contribution is -2.43. The summed E-state index contributed by atoms with van der Waals surface area (Å²) < 4.78 is 28.2. The number of fused-ring (bicyclic) bond motifs is 1. The van der Waals surface area contributed by atoms with Crippen molar-refractivity contribution in [2.45, 2.75) is 36.6 Å². The first-order valence-electron chi connectivity index (χ1n) is 9.61. The zero-order valence-corrected chi connectivity index (χ0v) is 17.2. The number of benzene rings is 2. The molecule has 2 aromatic rings. The van der Waals surface area contributed by atoms with Gasteiger partial charge in [-0.2, -0.15) is 0 Å². The molecule has 7 nitrogen and oxygen atoms in total. The van der Waals surface area contributed by atoms with Gasteiger partial charge in [0.05, 0.1) is 4.90 Å². The molecule has 0 saturated heterocycles. The number of sulfonamides is 1. The van der Waals surface area contributed by atoms with Gasteiger partial charge in [-0.05, 0) is 25.0 Å². The van der Waals surface area contributed by atoms with Crippen molar-refractivity contribution in [2.75, 3.05) is 32.1 Å². The van der Waals surface area contributed by atoms with E-state index in [1.54, 1.807) is 12.1 Å². The molecule has 1 aliphatic carbocycles. The molecule has 1 aliphatic rings. The summed E-state index contributed by atoms with van der Waals surface area (Å²) in [4.78, 5) is 14.1. The number of hydrogen-bond donors (Lipinski definition) is 3. The molecule has 0 unspecified atom stereocenters. The Morgan fingerprint density at radius 2 is 1.71 bits per heavy atom. The highest BCUT2D eigenvalue weighted by molar-refractivity contribution is 7.89. The fraction of sp³-hybridized carbons (Fsp3) is 0.450. The van der Waals surface area contributed by atoms with E-state index in [1.807, 2.05) is 43.3 Å². The van der Waals surface area contributed by atoms with Gasteiger partial charge in [-0.3, -0.25) is 0 Å². The third-order valence-electron chi connectivity index (χ3n) is 5.02. The molecular formula is C20H28N4O3S. The molecule has 2 amide bonds. The first kappa shape index (κ1) is 20.4. The van der Waals surface area contributed by atoms with E-state index in [2.05, 4.69) is 15.4 Å². The number of carbonyl (C=O) groups is 1. The van der Waals surface area contributed by atoms with Crippen LogP contribution in [0.3, 0.4) is 0 Å². The minimum atomic E-state index is -3.69. The SMILES string of the molecule is CN(C)c1cccc2c(S(=O)(=O)NCCNC(=O)NC3CCCC3)cccc12. The van der Waals surface area contributed by atoms with E-state index in [4.69, 9.17) is 0 Å². The van der Waals surface area contributed by atoms with Crippen LogP contribution >= 0.6 is 0 Å². The van der Waals surface area contributed by atoms with Crippen LogP contribution in [0.2, 0.25) is 0 Å². The molecule has 28 heavy (non-hydrogen) atoms. The lowest BCUT2D eigenvalue weighted by atomic mass is 10.1. The zero-order chi connectivity index (χ0) is 20.1. The molecule has 0 radical (unpaired) electrons. The predicted octanol–water partition coefficient (Wildman–Crippen LogP) is 2.43. The number of nitrogens with zero attached hydrogens (tertiary/aromatic N) is 1. The number of anilines is 1. The van der Waals surface area contributed by atoms with Crippen LogP contribution in [0.25, 0.3) is 10.8 Å². The summed E-state index contributed by atoms with van der Waals surface area (Å²) in [7, 11) is 0.164. The smallest absolute Gasteiger partial charge is 0.315 e. The van der Waals surface area contributed by atoms with Crippen molar-refractivity contribution >= 4 is 32.5 Å². The summed E-state index contributed by atoms with van der Waals surface area (Å²) in [5.74, 6) is 0. The topological polar surface area (TPSA) is 90.5 Å². The van der Waals surface area contributed by atoms with Gasteiger partial charge in [-0.1, -0.05) is 37.1 Å². The molecule has 3 rings (SSSR count). The summed E-state index contributed by atoms with van der Waals surface area (Å²) in [6.45, 7) is 0.357. The first-order chi connectivity index (χ1) is 13.4. The second kappa shape index (κ2) is 8.79. The van der Waals surface area contributed by atoms with Gasteiger partial charge in [-0.15, -0.1) is 0 Å². The highest BCUT2D eigenvalue weighted by Gasteiger charge is 2.19. The van der Waals surface area contributed by atoms with Gasteiger partial charge < -0.3 is 15.5 Å². The fourth-order valence-corrected chi connectivity index (χ4v) is 4.89. The van der Waals surface area contributed by atoms with E-state index in [9.17, 15) is 13.2 Å². The third kappa shape index (κ3) is 4.74. The summed E-state index contributed by atoms with van der Waals surface area (Å²) in [6, 6.07) is 10.9. The normalized spacial score (nSPS) is 14.9. The van der Waals surface area contributed by atoms with Gasteiger partial charge in [0, 0.05) is 49.7 Å². The quantitative estimate of drug-likeness (QED) is 0.618. The Labute approximate surface area is 166 Å². The van der Waals surface area contributed by atoms with Crippen molar-refractivity contribution in [3.05, 3.63) is 36.4 Å². The molecule has 1 saturated carbocycles. The van der Waals surface area contributed by atoms with Crippen LogP contribution in [0.1, 0.15) is 25.7 Å². The fourth-order valence-electron chi connectivity index (χ4n) is 3.63. The molecule has 0 aromatic heterocycles. The van der Waals surface area contributed by atoms with E-state index < -0.39 is 10.0 Å². The van der Waals surface area contributed by atoms with Gasteiger partial charge in [0.15, 0.2) is 0 Å². The highest BCUT2D eigenvalue weighted by Crippen LogP contribution is 2.29. The molecule has 8 heteroatoms. The van der Waals surface area contributed by atoms with Crippen LogP contribution < -0.4 is 20.3 Å². The number of carbonyl (C=O) groups excluding carboxylic acids is 1. The minimum absolute atomic E-state index is 0.129. The van der Waals surface area contributed by atoms with E-state index in [1.165, 1.54) is 0 Å². The second-order valence-corrected chi connectivity index (χ2v) is 9.04. The maximum absolute atomic E-state index is 12.8. The van der Waals surface area contributed by atoms with E-state index in [0.29, 0.717) is 5.39 Å². The Hall–Kier alpha value is -2.32. The Bertz CT molecular complexity index is 938. The van der Waals surface area contributed by atoms with Crippen LogP contribution in [0.4, 0.5) is 10.5 Å². The second-order valence-electron chi connectivity index (χ2n) is 7.30. The molecule has 0 bridgehead atoms. The van der Waals surface area contributed by atoms with Gasteiger partial charge in [0.2, 0.25) is 10.0 Å². The molecular weight excluding hydrogens is 376 g/mol. The van der Waals surface area contributed by atoms with Crippen molar-refractivity contribution in [3.63, 3.8) is 0 Å². The standard InChI is InChI=1S/C20H28N4O3S/c1-24(2)18-11-5-10-17-16(18)9-6-12-19(17)28(26,27)22-14-13-21-20(25)23-15-7-3-4-8-15/h5-6,9-12,15,22H,3-4,7-8,13-14H2,1-2H3,(H2,21,23,25). The molecule has 0 aliphatic heterocycles. The molecule has 0 heterocycles. The predicted molar refractivity (Wildman–Crippen MR) is 112 cm³/mol. The molecule has 3 N–H and O–H groups in total. The summed E-state index contributed by atoms with van der Waals surface area (Å²) in [5, 5.41) is 7.18. The van der Waals surface area contributed by atoms with E-state index in [-0.39, 0.29) is 30.1 Å². The van der Waals surface area contributed by atoms with Crippen molar-refractivity contribution < 1.29 is 13.2 Å². The third-order valence-corrected chi connectivity index (χ3v) is 6.54. The van der Waals surface area contributed by atoms with Crippen LogP contribution in [-0.4, -0.2) is 47.7 Å². The zero-order valence-electron chi connectivity index (χ0n) is 16.4. The van der Waals surface area contributed by atoms with E-state index in [0.717, 1.165) is 36.8 Å². The average molecular weight is 405 g/mol. The van der Waals surface area contributed by atoms with E-state index >= 15 is 0 Å². The largest absolute Gasteiger partial charge is 0.377 e. The van der Waals surface area contributed by atoms with Crippen molar-refractivity contribution in [3.8, 4) is 0 Å². The number of rotatable bonds is 7. The molecule has 2 aromatic carbocycles. The van der Waals surface area contributed by atoms with Crippen LogP contribution in [0, 0.1) is 0 Å². The Morgan fingerprint density at radius 1 is 1.04 bits per heavy atom. The van der Waals surface area contributed by atoms with Gasteiger partial charge in [-0.25, -0.2) is 17.9 Å². The van der Waals surface area contributed by atoms with Crippen LogP contribution in [-0.2, 0) is 10.0 Å². The lowest BCUT2D eigenvalue weighted by molar-refractivity contribution is 0.237. The average Bonchev–Trinajstić information content (AvgIpc) is 3.17. The van der Waals surface area contributed by atoms with Gasteiger partial charge in [0.1, 0.15) is 0 Å². The Kier molecular flexibility index (Phi) is 6.41. The molecule has 152 valence electrons. The molecule has 0 atom stereocenters. The molecule has 0 spiro atoms. The summed E-state index contributed by atoms with van der Waals surface area (Å²) in [5.41, 5.74) is 0.958. The first-order valence-corrected chi connectivity index (χ1v) is 11.1. The molecule has 1 fully saturated rings. The maximum Gasteiger partial charge on any atom is 0.315 e. The van der Waals surface area contributed by atoms with Gasteiger partial charge >= 0.3 is 6.03 Å². The Morgan fingerprint density at radius 3 is 2.43 bits per heavy atom. The summed E-state index contributed by atoms with van der Waals surface area (Å²) in [6.07, 6.45) is 4.31. The van der Waals surface area contributed by atoms with Crippen LogP contribution in [0.15, 0.2) is 41.3 Å². The maximum atomic E-state index is 12.8. The Balaban J connectivity index is 1.63. The highest BCUT2D eigenvalue weighted by atomic mass is 32.2.